The molecule has 25 heavy (non-hydrogen) atoms. The lowest BCUT2D eigenvalue weighted by Gasteiger charge is -2.19. The lowest BCUT2D eigenvalue weighted by atomic mass is 10.1. The summed E-state index contributed by atoms with van der Waals surface area (Å²) in [4.78, 5) is 26.6. The van der Waals surface area contributed by atoms with E-state index in [4.69, 9.17) is 11.6 Å². The zero-order valence-corrected chi connectivity index (χ0v) is 16.9. The molecule has 1 heterocycles. The van der Waals surface area contributed by atoms with Crippen molar-refractivity contribution in [1.29, 1.82) is 0 Å². The Kier molecular flexibility index (Phi) is 4.88. The smallest absolute Gasteiger partial charge is 0.283 e. The van der Waals surface area contributed by atoms with E-state index < -0.39 is 11.8 Å². The molecule has 0 unspecified atom stereocenters. The third-order valence-electron chi connectivity index (χ3n) is 4.29. The second kappa shape index (κ2) is 6.80. The number of nitrogens with one attached hydrogen (secondary N) is 1. The Bertz CT molecular complexity index is 937. The molecule has 0 radical (unpaired) electrons. The highest BCUT2D eigenvalue weighted by atomic mass is 127. The van der Waals surface area contributed by atoms with Gasteiger partial charge in [0.05, 0.1) is 5.69 Å². The number of aryl methyl sites for hydroxylation is 2. The molecule has 0 saturated heterocycles. The minimum absolute atomic E-state index is 0.0937. The number of rotatable bonds is 3. The Morgan fingerprint density at radius 2 is 1.72 bits per heavy atom. The van der Waals surface area contributed by atoms with Crippen LogP contribution in [0.2, 0.25) is 0 Å². The van der Waals surface area contributed by atoms with E-state index in [2.05, 4.69) is 27.9 Å². The second-order valence-electron chi connectivity index (χ2n) is 5.94. The fraction of sp³-hybridized carbons (Fsp3) is 0.158. The molecule has 0 aromatic heterocycles. The molecule has 0 bridgehead atoms. The number of carbonyl (C=O) groups is 2. The molecule has 2 amide bonds. The first-order valence-electron chi connectivity index (χ1n) is 7.69. The van der Waals surface area contributed by atoms with Crippen LogP contribution in [0.25, 0.3) is 0 Å². The van der Waals surface area contributed by atoms with Gasteiger partial charge >= 0.3 is 0 Å². The Hall–Kier alpha value is -1.86. The SMILES string of the molecule is Cc1cc(I)ccc1NC1=C(Cl)C(=O)N(c2cccc(C)c2C)C1=O. The number of carbonyl (C=O) groups excluding carboxylic acids is 2. The minimum atomic E-state index is -0.508. The molecule has 1 aliphatic heterocycles. The predicted octanol–water partition coefficient (Wildman–Crippen LogP) is 4.65. The molecule has 2 aromatic carbocycles. The van der Waals surface area contributed by atoms with Crippen molar-refractivity contribution in [2.75, 3.05) is 10.2 Å². The van der Waals surface area contributed by atoms with Crippen LogP contribution in [-0.4, -0.2) is 11.8 Å². The number of hydrogen-bond acceptors (Lipinski definition) is 3. The normalized spacial score (nSPS) is 14.5. The van der Waals surface area contributed by atoms with Crippen LogP contribution in [0.5, 0.6) is 0 Å². The van der Waals surface area contributed by atoms with Crippen LogP contribution in [0.1, 0.15) is 16.7 Å². The summed E-state index contributed by atoms with van der Waals surface area (Å²) < 4.78 is 1.09. The molecule has 6 heteroatoms. The third kappa shape index (κ3) is 3.18. The summed E-state index contributed by atoms with van der Waals surface area (Å²) in [6.07, 6.45) is 0. The molecule has 0 atom stereocenters. The van der Waals surface area contributed by atoms with Gasteiger partial charge in [-0.05, 0) is 84.3 Å². The van der Waals surface area contributed by atoms with Crippen LogP contribution in [0.15, 0.2) is 47.1 Å². The highest BCUT2D eigenvalue weighted by molar-refractivity contribution is 14.1. The Labute approximate surface area is 165 Å². The topological polar surface area (TPSA) is 49.4 Å². The zero-order valence-electron chi connectivity index (χ0n) is 14.0. The fourth-order valence-corrected chi connectivity index (χ4v) is 3.57. The molecule has 4 nitrogen and oxygen atoms in total. The van der Waals surface area contributed by atoms with E-state index in [1.54, 1.807) is 6.07 Å². The average molecular weight is 467 g/mol. The van der Waals surface area contributed by atoms with Crippen LogP contribution in [0.4, 0.5) is 11.4 Å². The number of halogens is 2. The largest absolute Gasteiger partial charge is 0.349 e. The van der Waals surface area contributed by atoms with Crippen LogP contribution in [0, 0.1) is 24.3 Å². The molecule has 0 fully saturated rings. The summed E-state index contributed by atoms with van der Waals surface area (Å²) in [5, 5.41) is 2.94. The highest BCUT2D eigenvalue weighted by Gasteiger charge is 2.39. The Morgan fingerprint density at radius 3 is 2.40 bits per heavy atom. The van der Waals surface area contributed by atoms with E-state index in [0.717, 1.165) is 30.8 Å². The number of amides is 2. The summed E-state index contributed by atoms with van der Waals surface area (Å²) in [7, 11) is 0. The van der Waals surface area contributed by atoms with Crippen LogP contribution in [-0.2, 0) is 9.59 Å². The first-order valence-corrected chi connectivity index (χ1v) is 9.15. The van der Waals surface area contributed by atoms with Crippen molar-refractivity contribution in [3.8, 4) is 0 Å². The summed E-state index contributed by atoms with van der Waals surface area (Å²) in [5.41, 5.74) is 4.26. The second-order valence-corrected chi connectivity index (χ2v) is 7.56. The Morgan fingerprint density at radius 1 is 1.00 bits per heavy atom. The van der Waals surface area contributed by atoms with E-state index >= 15 is 0 Å². The molecule has 128 valence electrons. The quantitative estimate of drug-likeness (QED) is 0.529. The van der Waals surface area contributed by atoms with E-state index in [1.165, 1.54) is 0 Å². The molecule has 2 aromatic rings. The van der Waals surface area contributed by atoms with Crippen molar-refractivity contribution < 1.29 is 9.59 Å². The van der Waals surface area contributed by atoms with Crippen molar-refractivity contribution in [1.82, 2.24) is 0 Å². The van der Waals surface area contributed by atoms with Crippen molar-refractivity contribution in [3.63, 3.8) is 0 Å². The van der Waals surface area contributed by atoms with E-state index in [-0.39, 0.29) is 10.7 Å². The molecule has 0 saturated carbocycles. The fourth-order valence-electron chi connectivity index (χ4n) is 2.71. The highest BCUT2D eigenvalue weighted by Crippen LogP contribution is 2.33. The monoisotopic (exact) mass is 466 g/mol. The molecular formula is C19H16ClIN2O2. The first-order chi connectivity index (χ1) is 11.8. The lowest BCUT2D eigenvalue weighted by Crippen LogP contribution is -2.33. The number of nitrogens with zero attached hydrogens (tertiary/aromatic N) is 1. The maximum atomic E-state index is 12.9. The van der Waals surface area contributed by atoms with Gasteiger partial charge in [-0.25, -0.2) is 4.90 Å². The van der Waals surface area contributed by atoms with Gasteiger partial charge in [0.2, 0.25) is 0 Å². The summed E-state index contributed by atoms with van der Waals surface area (Å²) in [5.74, 6) is -0.951. The summed E-state index contributed by atoms with van der Waals surface area (Å²) in [6, 6.07) is 11.3. The van der Waals surface area contributed by atoms with E-state index in [1.807, 2.05) is 51.1 Å². The van der Waals surface area contributed by atoms with Gasteiger partial charge in [0.25, 0.3) is 11.8 Å². The number of benzene rings is 2. The molecule has 0 aliphatic carbocycles. The first kappa shape index (κ1) is 17.9. The Balaban J connectivity index is 1.98. The van der Waals surface area contributed by atoms with Gasteiger partial charge in [0.15, 0.2) is 0 Å². The van der Waals surface area contributed by atoms with Gasteiger partial charge in [-0.1, -0.05) is 23.7 Å². The van der Waals surface area contributed by atoms with Gasteiger partial charge < -0.3 is 5.32 Å². The third-order valence-corrected chi connectivity index (χ3v) is 5.31. The number of hydrogen-bond donors (Lipinski definition) is 1. The molecule has 1 aliphatic rings. The van der Waals surface area contributed by atoms with Crippen molar-refractivity contribution >= 4 is 57.4 Å². The van der Waals surface area contributed by atoms with Gasteiger partial charge in [-0.2, -0.15) is 0 Å². The van der Waals surface area contributed by atoms with E-state index in [9.17, 15) is 9.59 Å². The average Bonchev–Trinajstić information content (AvgIpc) is 2.76. The molecular weight excluding hydrogens is 451 g/mol. The standard InChI is InChI=1S/C19H16ClIN2O2/c1-10-5-4-6-15(12(10)3)23-18(24)16(20)17(19(23)25)22-14-8-7-13(21)9-11(14)2/h4-9,22H,1-3H3. The van der Waals surface area contributed by atoms with Gasteiger partial charge in [-0.15, -0.1) is 0 Å². The zero-order chi connectivity index (χ0) is 18.3. The van der Waals surface area contributed by atoms with Crippen LogP contribution < -0.4 is 10.2 Å². The molecule has 0 spiro atoms. The minimum Gasteiger partial charge on any atom is -0.349 e. The van der Waals surface area contributed by atoms with Gasteiger partial charge in [0, 0.05) is 9.26 Å². The maximum Gasteiger partial charge on any atom is 0.283 e. The van der Waals surface area contributed by atoms with Crippen molar-refractivity contribution in [3.05, 3.63) is 67.4 Å². The van der Waals surface area contributed by atoms with Gasteiger partial charge in [0.1, 0.15) is 10.7 Å². The lowest BCUT2D eigenvalue weighted by molar-refractivity contribution is -0.120. The number of anilines is 2. The van der Waals surface area contributed by atoms with Crippen LogP contribution >= 0.6 is 34.2 Å². The van der Waals surface area contributed by atoms with E-state index in [0.29, 0.717) is 5.69 Å². The number of imide groups is 1. The molecule has 3 rings (SSSR count). The maximum absolute atomic E-state index is 12.9. The molecule has 1 N–H and O–H groups in total. The van der Waals surface area contributed by atoms with Crippen LogP contribution in [0.3, 0.4) is 0 Å². The van der Waals surface area contributed by atoms with Crippen molar-refractivity contribution in [2.24, 2.45) is 0 Å². The summed E-state index contributed by atoms with van der Waals surface area (Å²) in [6.45, 7) is 5.75. The predicted molar refractivity (Wildman–Crippen MR) is 109 cm³/mol. The van der Waals surface area contributed by atoms with Gasteiger partial charge in [-0.3, -0.25) is 9.59 Å². The summed E-state index contributed by atoms with van der Waals surface area (Å²) >= 11 is 8.42. The van der Waals surface area contributed by atoms with Crippen molar-refractivity contribution in [2.45, 2.75) is 20.8 Å².